The minimum Gasteiger partial charge on any atom is -0.493 e. The first-order valence-electron chi connectivity index (χ1n) is 13.1. The minimum atomic E-state index is -2.07. The second-order valence-corrected chi connectivity index (χ2v) is 10.4. The van der Waals surface area contributed by atoms with Crippen LogP contribution in [0.4, 0.5) is 0 Å². The SMILES string of the molecule is CCOc1ccccc1C(=O)c1ccc2[nH]c3c(c2c1)CC(NCC(C)C)CC31OC(=O)C(O)C(O)C(=O)O1. The van der Waals surface area contributed by atoms with E-state index in [4.69, 9.17) is 14.2 Å². The van der Waals surface area contributed by atoms with E-state index in [1.165, 1.54) is 0 Å². The number of rotatable bonds is 7. The average Bonchev–Trinajstić information content (AvgIpc) is 3.26. The summed E-state index contributed by atoms with van der Waals surface area (Å²) in [5.74, 6) is -3.61. The zero-order chi connectivity index (χ0) is 27.9. The smallest absolute Gasteiger partial charge is 0.341 e. The van der Waals surface area contributed by atoms with Crippen molar-refractivity contribution in [1.82, 2.24) is 10.3 Å². The zero-order valence-corrected chi connectivity index (χ0v) is 22.0. The largest absolute Gasteiger partial charge is 0.493 e. The monoisotopic (exact) mass is 536 g/mol. The fourth-order valence-corrected chi connectivity index (χ4v) is 5.22. The molecule has 2 heterocycles. The summed E-state index contributed by atoms with van der Waals surface area (Å²) in [6.07, 6.45) is -3.56. The molecule has 1 spiro atoms. The van der Waals surface area contributed by atoms with Crippen molar-refractivity contribution in [3.8, 4) is 5.75 Å². The molecule has 206 valence electrons. The van der Waals surface area contributed by atoms with Gasteiger partial charge in [-0.25, -0.2) is 9.59 Å². The number of aliphatic hydroxyl groups excluding tert-OH is 2. The first-order valence-corrected chi connectivity index (χ1v) is 13.1. The highest BCUT2D eigenvalue weighted by molar-refractivity contribution is 6.12. The summed E-state index contributed by atoms with van der Waals surface area (Å²) in [6, 6.07) is 12.0. The number of hydrogen-bond donors (Lipinski definition) is 4. The Labute approximate surface area is 225 Å². The van der Waals surface area contributed by atoms with Crippen LogP contribution in [0.2, 0.25) is 0 Å². The molecular formula is C29H32N2O8. The molecule has 1 aliphatic carbocycles. The molecule has 10 heteroatoms. The van der Waals surface area contributed by atoms with Crippen LogP contribution in [-0.2, 0) is 31.3 Å². The van der Waals surface area contributed by atoms with Crippen LogP contribution in [-0.4, -0.2) is 64.3 Å². The van der Waals surface area contributed by atoms with Crippen LogP contribution in [0.1, 0.15) is 54.4 Å². The van der Waals surface area contributed by atoms with Gasteiger partial charge in [0.2, 0.25) is 0 Å². The van der Waals surface area contributed by atoms with Crippen molar-refractivity contribution in [2.24, 2.45) is 5.92 Å². The molecule has 0 amide bonds. The van der Waals surface area contributed by atoms with Crippen LogP contribution in [0.5, 0.6) is 5.75 Å². The van der Waals surface area contributed by atoms with Gasteiger partial charge in [-0.3, -0.25) is 4.79 Å². The third kappa shape index (κ3) is 4.91. The third-order valence-corrected chi connectivity index (χ3v) is 7.07. The van der Waals surface area contributed by atoms with E-state index < -0.39 is 29.9 Å². The van der Waals surface area contributed by atoms with E-state index >= 15 is 0 Å². The van der Waals surface area contributed by atoms with E-state index in [9.17, 15) is 24.6 Å². The maximum absolute atomic E-state index is 13.5. The number of carbonyl (C=O) groups is 3. The van der Waals surface area contributed by atoms with Crippen molar-refractivity contribution in [2.75, 3.05) is 13.2 Å². The minimum absolute atomic E-state index is 0.0734. The Kier molecular flexibility index (Phi) is 7.19. The number of fused-ring (bicyclic) bond motifs is 4. The van der Waals surface area contributed by atoms with Crippen LogP contribution in [0.25, 0.3) is 10.9 Å². The zero-order valence-electron chi connectivity index (χ0n) is 22.0. The molecule has 5 rings (SSSR count). The molecule has 1 aliphatic heterocycles. The van der Waals surface area contributed by atoms with Gasteiger partial charge in [0.05, 0.1) is 12.2 Å². The van der Waals surface area contributed by atoms with E-state index in [-0.39, 0.29) is 18.2 Å². The van der Waals surface area contributed by atoms with E-state index in [2.05, 4.69) is 24.1 Å². The lowest BCUT2D eigenvalue weighted by Gasteiger charge is -2.38. The number of para-hydroxylation sites is 1. The van der Waals surface area contributed by atoms with Crippen LogP contribution in [0, 0.1) is 5.92 Å². The Balaban J connectivity index is 1.62. The van der Waals surface area contributed by atoms with Crippen LogP contribution < -0.4 is 10.1 Å². The maximum Gasteiger partial charge on any atom is 0.341 e. The lowest BCUT2D eigenvalue weighted by Crippen LogP contribution is -2.49. The molecule has 3 unspecified atom stereocenters. The van der Waals surface area contributed by atoms with Crippen molar-refractivity contribution >= 4 is 28.6 Å². The van der Waals surface area contributed by atoms with Gasteiger partial charge in [-0.05, 0) is 61.7 Å². The van der Waals surface area contributed by atoms with Crippen LogP contribution in [0.3, 0.4) is 0 Å². The number of aromatic nitrogens is 1. The van der Waals surface area contributed by atoms with E-state index in [0.29, 0.717) is 64.5 Å². The Morgan fingerprint density at radius 1 is 1.13 bits per heavy atom. The summed E-state index contributed by atoms with van der Waals surface area (Å²) < 4.78 is 16.9. The molecule has 39 heavy (non-hydrogen) atoms. The number of nitrogens with one attached hydrogen (secondary N) is 2. The molecule has 2 aliphatic rings. The number of ketones is 1. The van der Waals surface area contributed by atoms with Gasteiger partial charge in [0.1, 0.15) is 11.4 Å². The fraction of sp³-hybridized carbons (Fsp3) is 0.414. The van der Waals surface area contributed by atoms with E-state index in [1.54, 1.807) is 42.5 Å². The molecule has 10 nitrogen and oxygen atoms in total. The molecule has 1 fully saturated rings. The second-order valence-electron chi connectivity index (χ2n) is 10.4. The number of hydrogen-bond acceptors (Lipinski definition) is 9. The summed E-state index contributed by atoms with van der Waals surface area (Å²) in [6.45, 7) is 7.04. The molecular weight excluding hydrogens is 504 g/mol. The molecule has 1 aromatic heterocycles. The first kappa shape index (κ1) is 26.9. The number of ether oxygens (including phenoxy) is 3. The number of carbonyl (C=O) groups excluding carboxylic acids is 3. The van der Waals surface area contributed by atoms with Gasteiger partial charge in [0, 0.05) is 28.9 Å². The number of aromatic amines is 1. The van der Waals surface area contributed by atoms with Crippen molar-refractivity contribution in [1.29, 1.82) is 0 Å². The van der Waals surface area contributed by atoms with Crippen molar-refractivity contribution < 1.29 is 38.8 Å². The Bertz CT molecular complexity index is 1410. The topological polar surface area (TPSA) is 147 Å². The van der Waals surface area contributed by atoms with E-state index in [1.807, 2.05) is 6.92 Å². The molecule has 4 N–H and O–H groups in total. The number of esters is 2. The molecule has 2 aromatic carbocycles. The number of H-pyrrole nitrogens is 1. The van der Waals surface area contributed by atoms with Crippen molar-refractivity contribution in [2.45, 2.75) is 57.6 Å². The molecule has 0 bridgehead atoms. The predicted molar refractivity (Wildman–Crippen MR) is 140 cm³/mol. The van der Waals surface area contributed by atoms with Crippen molar-refractivity contribution in [3.63, 3.8) is 0 Å². The molecule has 0 radical (unpaired) electrons. The number of benzene rings is 2. The lowest BCUT2D eigenvalue weighted by molar-refractivity contribution is -0.239. The van der Waals surface area contributed by atoms with Gasteiger partial charge in [0.25, 0.3) is 5.79 Å². The highest BCUT2D eigenvalue weighted by atomic mass is 16.7. The average molecular weight is 537 g/mol. The van der Waals surface area contributed by atoms with Gasteiger partial charge in [-0.1, -0.05) is 26.0 Å². The molecule has 3 atom stereocenters. The normalized spacial score (nSPS) is 24.8. The van der Waals surface area contributed by atoms with Crippen LogP contribution in [0.15, 0.2) is 42.5 Å². The summed E-state index contributed by atoms with van der Waals surface area (Å²) in [5.41, 5.74) is 2.56. The van der Waals surface area contributed by atoms with Gasteiger partial charge >= 0.3 is 11.9 Å². The van der Waals surface area contributed by atoms with E-state index in [0.717, 1.165) is 0 Å². The highest BCUT2D eigenvalue weighted by Crippen LogP contribution is 2.44. The molecule has 0 saturated carbocycles. The standard InChI is InChI=1S/C29H32N2O8/c1-4-37-22-8-6-5-7-18(22)23(32)16-9-10-21-19(11-16)20-12-17(30-14-15(2)3)13-29(26(20)31-21)38-27(35)24(33)25(34)28(36)39-29/h5-11,15,17,24-25,30-31,33-34H,4,12-14H2,1-3H3. The summed E-state index contributed by atoms with van der Waals surface area (Å²) in [7, 11) is 0. The second kappa shape index (κ2) is 10.4. The maximum atomic E-state index is 13.5. The third-order valence-electron chi connectivity index (χ3n) is 7.07. The summed E-state index contributed by atoms with van der Waals surface area (Å²) in [4.78, 5) is 42.1. The van der Waals surface area contributed by atoms with Crippen molar-refractivity contribution in [3.05, 3.63) is 64.8 Å². The fourth-order valence-electron chi connectivity index (χ4n) is 5.22. The summed E-state index contributed by atoms with van der Waals surface area (Å²) in [5, 5.41) is 24.4. The quantitative estimate of drug-likeness (QED) is 0.264. The van der Waals surface area contributed by atoms with Gasteiger partial charge in [-0.2, -0.15) is 0 Å². The van der Waals surface area contributed by atoms with Gasteiger partial charge < -0.3 is 34.7 Å². The Morgan fingerprint density at radius 2 is 1.82 bits per heavy atom. The van der Waals surface area contributed by atoms with Crippen LogP contribution >= 0.6 is 0 Å². The highest BCUT2D eigenvalue weighted by Gasteiger charge is 2.54. The number of aliphatic hydroxyl groups is 2. The lowest BCUT2D eigenvalue weighted by atomic mass is 9.86. The molecule has 1 saturated heterocycles. The summed E-state index contributed by atoms with van der Waals surface area (Å²) >= 11 is 0. The Hall–Kier alpha value is -3.73. The first-order chi connectivity index (χ1) is 18.6. The predicted octanol–water partition coefficient (Wildman–Crippen LogP) is 2.33. The van der Waals surface area contributed by atoms with Gasteiger partial charge in [0.15, 0.2) is 18.0 Å². The molecule has 3 aromatic rings. The van der Waals surface area contributed by atoms with Gasteiger partial charge in [-0.15, -0.1) is 0 Å². The Morgan fingerprint density at radius 3 is 2.49 bits per heavy atom.